The van der Waals surface area contributed by atoms with Crippen LogP contribution < -0.4 is 11.1 Å². The molecule has 0 radical (unpaired) electrons. The van der Waals surface area contributed by atoms with Crippen molar-refractivity contribution in [3.05, 3.63) is 0 Å². The fourth-order valence-corrected chi connectivity index (χ4v) is 3.18. The van der Waals surface area contributed by atoms with Gasteiger partial charge in [-0.15, -0.1) is 0 Å². The Morgan fingerprint density at radius 1 is 1.25 bits per heavy atom. The highest BCUT2D eigenvalue weighted by Gasteiger charge is 2.21. The number of ether oxygens (including phenoxy) is 1. The second kappa shape index (κ2) is 8.60. The van der Waals surface area contributed by atoms with Crippen LogP contribution in [0.5, 0.6) is 0 Å². The Hall–Kier alpha value is -0.650. The lowest BCUT2D eigenvalue weighted by molar-refractivity contribution is -0.122. The summed E-state index contributed by atoms with van der Waals surface area (Å²) in [5, 5.41) is 2.97. The van der Waals surface area contributed by atoms with Gasteiger partial charge in [0.1, 0.15) is 0 Å². The third kappa shape index (κ3) is 5.38. The Morgan fingerprint density at radius 2 is 1.95 bits per heavy atom. The van der Waals surface area contributed by atoms with E-state index in [1.54, 1.807) is 0 Å². The van der Waals surface area contributed by atoms with Gasteiger partial charge in [-0.05, 0) is 12.3 Å². The maximum absolute atomic E-state index is 12.0. The summed E-state index contributed by atoms with van der Waals surface area (Å²) in [4.78, 5) is 14.3. The van der Waals surface area contributed by atoms with Crippen LogP contribution in [-0.2, 0) is 9.53 Å². The molecule has 1 aliphatic carbocycles. The van der Waals surface area contributed by atoms with Crippen LogP contribution >= 0.6 is 0 Å². The molecule has 3 N–H and O–H groups in total. The van der Waals surface area contributed by atoms with Crippen LogP contribution in [0.3, 0.4) is 0 Å². The zero-order chi connectivity index (χ0) is 14.2. The second-order valence-electron chi connectivity index (χ2n) is 6.09. The molecule has 1 aliphatic heterocycles. The van der Waals surface area contributed by atoms with Crippen LogP contribution in [0.2, 0.25) is 0 Å². The van der Waals surface area contributed by atoms with Crippen molar-refractivity contribution < 1.29 is 9.53 Å². The van der Waals surface area contributed by atoms with Crippen molar-refractivity contribution in [2.45, 2.75) is 44.6 Å². The van der Waals surface area contributed by atoms with Crippen LogP contribution in [0, 0.1) is 5.92 Å². The number of nitrogens with two attached hydrogens (primary N) is 1. The smallest absolute Gasteiger partial charge is 0.236 e. The minimum Gasteiger partial charge on any atom is -0.379 e. The molecule has 116 valence electrons. The van der Waals surface area contributed by atoms with Crippen molar-refractivity contribution in [2.75, 3.05) is 39.4 Å². The Balaban J connectivity index is 1.58. The van der Waals surface area contributed by atoms with Gasteiger partial charge in [-0.1, -0.05) is 32.1 Å². The van der Waals surface area contributed by atoms with E-state index in [9.17, 15) is 4.79 Å². The third-order valence-electron chi connectivity index (χ3n) is 4.48. The van der Waals surface area contributed by atoms with Gasteiger partial charge in [0.05, 0.1) is 19.3 Å². The Morgan fingerprint density at radius 3 is 2.65 bits per heavy atom. The molecule has 0 spiro atoms. The number of nitrogens with zero attached hydrogens (tertiary/aromatic N) is 1. The van der Waals surface area contributed by atoms with Gasteiger partial charge in [0.2, 0.25) is 5.91 Å². The van der Waals surface area contributed by atoms with Crippen molar-refractivity contribution in [3.63, 3.8) is 0 Å². The molecule has 2 fully saturated rings. The number of carbonyl (C=O) groups excluding carboxylic acids is 1. The molecule has 20 heavy (non-hydrogen) atoms. The van der Waals surface area contributed by atoms with Crippen molar-refractivity contribution >= 4 is 5.91 Å². The first-order chi connectivity index (χ1) is 9.75. The first-order valence-corrected chi connectivity index (χ1v) is 8.09. The van der Waals surface area contributed by atoms with Crippen molar-refractivity contribution in [1.82, 2.24) is 10.2 Å². The molecule has 0 aromatic carbocycles. The van der Waals surface area contributed by atoms with Gasteiger partial charge in [-0.25, -0.2) is 0 Å². The first-order valence-electron chi connectivity index (χ1n) is 8.09. The van der Waals surface area contributed by atoms with Crippen LogP contribution in [0.15, 0.2) is 0 Å². The summed E-state index contributed by atoms with van der Waals surface area (Å²) in [6.45, 7) is 5.11. The molecule has 0 bridgehead atoms. The van der Waals surface area contributed by atoms with Crippen LogP contribution in [0.1, 0.15) is 38.5 Å². The van der Waals surface area contributed by atoms with E-state index in [4.69, 9.17) is 10.5 Å². The average molecular weight is 283 g/mol. The van der Waals surface area contributed by atoms with E-state index in [0.717, 1.165) is 39.3 Å². The minimum absolute atomic E-state index is 0.0174. The van der Waals surface area contributed by atoms with E-state index in [-0.39, 0.29) is 11.9 Å². The normalized spacial score (nSPS) is 23.4. The molecule has 1 heterocycles. The fourth-order valence-electron chi connectivity index (χ4n) is 3.18. The summed E-state index contributed by atoms with van der Waals surface area (Å²) in [5.41, 5.74) is 6.02. The molecule has 5 heteroatoms. The predicted octanol–water partition coefficient (Wildman–Crippen LogP) is 0.733. The zero-order valence-electron chi connectivity index (χ0n) is 12.5. The zero-order valence-corrected chi connectivity index (χ0v) is 12.5. The fraction of sp³-hybridized carbons (Fsp3) is 0.933. The van der Waals surface area contributed by atoms with E-state index >= 15 is 0 Å². The van der Waals surface area contributed by atoms with Gasteiger partial charge in [0, 0.05) is 26.2 Å². The molecule has 5 nitrogen and oxygen atoms in total. The molecule has 1 amide bonds. The first kappa shape index (κ1) is 15.7. The maximum Gasteiger partial charge on any atom is 0.236 e. The van der Waals surface area contributed by atoms with Gasteiger partial charge >= 0.3 is 0 Å². The number of carbonyl (C=O) groups is 1. The third-order valence-corrected chi connectivity index (χ3v) is 4.48. The van der Waals surface area contributed by atoms with Gasteiger partial charge in [0.15, 0.2) is 0 Å². The Kier molecular flexibility index (Phi) is 6.76. The highest BCUT2D eigenvalue weighted by Crippen LogP contribution is 2.26. The number of morpholine rings is 1. The molecule has 0 aromatic rings. The standard InChI is InChI=1S/C15H29N3O2/c16-14(12-13-4-2-1-3-5-13)15(19)17-6-7-18-8-10-20-11-9-18/h13-14H,1-12,16H2,(H,17,19). The van der Waals surface area contributed by atoms with Crippen molar-refractivity contribution in [2.24, 2.45) is 11.7 Å². The number of hydrogen-bond acceptors (Lipinski definition) is 4. The summed E-state index contributed by atoms with van der Waals surface area (Å²) in [5.74, 6) is 0.674. The molecule has 2 aliphatic rings. The van der Waals surface area contributed by atoms with E-state index in [1.807, 2.05) is 0 Å². The largest absolute Gasteiger partial charge is 0.379 e. The van der Waals surface area contributed by atoms with Crippen LogP contribution in [0.4, 0.5) is 0 Å². The average Bonchev–Trinajstić information content (AvgIpc) is 2.49. The van der Waals surface area contributed by atoms with E-state index in [1.165, 1.54) is 32.1 Å². The molecule has 1 unspecified atom stereocenters. The summed E-state index contributed by atoms with van der Waals surface area (Å²) in [7, 11) is 0. The molecule has 0 aromatic heterocycles. The van der Waals surface area contributed by atoms with Crippen molar-refractivity contribution in [3.8, 4) is 0 Å². The van der Waals surface area contributed by atoms with E-state index < -0.39 is 0 Å². The Labute approximate surface area is 122 Å². The number of nitrogens with one attached hydrogen (secondary N) is 1. The van der Waals surface area contributed by atoms with E-state index in [2.05, 4.69) is 10.2 Å². The summed E-state index contributed by atoms with van der Waals surface area (Å²) in [6, 6.07) is -0.331. The minimum atomic E-state index is -0.331. The Bertz CT molecular complexity index is 287. The number of hydrogen-bond donors (Lipinski definition) is 2. The lowest BCUT2D eigenvalue weighted by Gasteiger charge is -2.27. The van der Waals surface area contributed by atoms with Gasteiger partial charge in [0.25, 0.3) is 0 Å². The lowest BCUT2D eigenvalue weighted by atomic mass is 9.85. The molecular weight excluding hydrogens is 254 g/mol. The number of rotatable bonds is 6. The topological polar surface area (TPSA) is 67.6 Å². The predicted molar refractivity (Wildman–Crippen MR) is 79.4 cm³/mol. The molecule has 1 saturated carbocycles. The van der Waals surface area contributed by atoms with Gasteiger partial charge < -0.3 is 15.8 Å². The molecule has 1 atom stereocenters. The molecule has 2 rings (SSSR count). The summed E-state index contributed by atoms with van der Waals surface area (Å²) < 4.78 is 5.30. The monoisotopic (exact) mass is 283 g/mol. The second-order valence-corrected chi connectivity index (χ2v) is 6.09. The van der Waals surface area contributed by atoms with Crippen LogP contribution in [0.25, 0.3) is 0 Å². The van der Waals surface area contributed by atoms with E-state index in [0.29, 0.717) is 12.5 Å². The SMILES string of the molecule is NC(CC1CCCCC1)C(=O)NCCN1CCOCC1. The molecular formula is C15H29N3O2. The number of amides is 1. The summed E-state index contributed by atoms with van der Waals surface area (Å²) >= 11 is 0. The van der Waals surface area contributed by atoms with Gasteiger partial charge in [-0.3, -0.25) is 9.69 Å². The maximum atomic E-state index is 12.0. The summed E-state index contributed by atoms with van der Waals surface area (Å²) in [6.07, 6.45) is 7.29. The van der Waals surface area contributed by atoms with Gasteiger partial charge in [-0.2, -0.15) is 0 Å². The van der Waals surface area contributed by atoms with Crippen LogP contribution in [-0.4, -0.2) is 56.2 Å². The van der Waals surface area contributed by atoms with Crippen molar-refractivity contribution in [1.29, 1.82) is 0 Å². The quantitative estimate of drug-likeness (QED) is 0.754. The highest BCUT2D eigenvalue weighted by molar-refractivity contribution is 5.81. The molecule has 1 saturated heterocycles. The highest BCUT2D eigenvalue weighted by atomic mass is 16.5. The lowest BCUT2D eigenvalue weighted by Crippen LogP contribution is -2.46.